The van der Waals surface area contributed by atoms with E-state index in [1.54, 1.807) is 0 Å². The standard InChI is InChI=1S/C23H38O2/c1-4-6-7-8-9-10-11-12-14-21-15-17-22(18-16-21)23(24)25-19-20(3)13-5-2/h15-18,20H,4-14,19H2,1-3H3. The van der Waals surface area contributed by atoms with Crippen LogP contribution in [0.15, 0.2) is 24.3 Å². The number of carbonyl (C=O) groups excluding carboxylic acids is 1. The average Bonchev–Trinajstić information content (AvgIpc) is 2.62. The lowest BCUT2D eigenvalue weighted by Gasteiger charge is -2.11. The maximum Gasteiger partial charge on any atom is 0.338 e. The second-order valence-corrected chi connectivity index (χ2v) is 7.41. The molecule has 2 nitrogen and oxygen atoms in total. The smallest absolute Gasteiger partial charge is 0.338 e. The van der Waals surface area contributed by atoms with Crippen molar-refractivity contribution in [3.8, 4) is 0 Å². The Balaban J connectivity index is 2.19. The zero-order valence-electron chi connectivity index (χ0n) is 16.7. The third-order valence-corrected chi connectivity index (χ3v) is 4.79. The molecule has 0 bridgehead atoms. The van der Waals surface area contributed by atoms with Gasteiger partial charge >= 0.3 is 5.97 Å². The Hall–Kier alpha value is -1.31. The van der Waals surface area contributed by atoms with Gasteiger partial charge in [0, 0.05) is 0 Å². The fourth-order valence-corrected chi connectivity index (χ4v) is 3.15. The summed E-state index contributed by atoms with van der Waals surface area (Å²) in [7, 11) is 0. The van der Waals surface area contributed by atoms with Crippen LogP contribution in [0.5, 0.6) is 0 Å². The summed E-state index contributed by atoms with van der Waals surface area (Å²) < 4.78 is 5.40. The molecule has 0 heterocycles. The van der Waals surface area contributed by atoms with Crippen LogP contribution in [0.4, 0.5) is 0 Å². The molecule has 0 saturated heterocycles. The third kappa shape index (κ3) is 10.3. The van der Waals surface area contributed by atoms with Crippen molar-refractivity contribution >= 4 is 5.97 Å². The predicted octanol–water partition coefficient (Wildman–Crippen LogP) is 6.96. The first kappa shape index (κ1) is 21.7. The largest absolute Gasteiger partial charge is 0.462 e. The summed E-state index contributed by atoms with van der Waals surface area (Å²) >= 11 is 0. The van der Waals surface area contributed by atoms with Crippen LogP contribution in [-0.2, 0) is 11.2 Å². The molecule has 0 saturated carbocycles. The summed E-state index contributed by atoms with van der Waals surface area (Å²) in [5.41, 5.74) is 1.99. The first-order valence-electron chi connectivity index (χ1n) is 10.4. The highest BCUT2D eigenvalue weighted by molar-refractivity contribution is 5.89. The van der Waals surface area contributed by atoms with E-state index in [4.69, 9.17) is 4.74 Å². The molecular weight excluding hydrogens is 308 g/mol. The third-order valence-electron chi connectivity index (χ3n) is 4.79. The molecule has 0 N–H and O–H groups in total. The lowest BCUT2D eigenvalue weighted by Crippen LogP contribution is -2.12. The van der Waals surface area contributed by atoms with Gasteiger partial charge in [-0.3, -0.25) is 0 Å². The number of ether oxygens (including phenoxy) is 1. The Morgan fingerprint density at radius 3 is 2.08 bits per heavy atom. The molecule has 1 atom stereocenters. The van der Waals surface area contributed by atoms with Crippen LogP contribution in [0.25, 0.3) is 0 Å². The maximum absolute atomic E-state index is 12.0. The number of aryl methyl sites for hydroxylation is 1. The molecule has 0 aliphatic rings. The molecule has 2 heteroatoms. The van der Waals surface area contributed by atoms with E-state index in [0.29, 0.717) is 18.1 Å². The number of carbonyl (C=O) groups is 1. The van der Waals surface area contributed by atoms with Crippen molar-refractivity contribution in [1.82, 2.24) is 0 Å². The van der Waals surface area contributed by atoms with Gasteiger partial charge in [0.25, 0.3) is 0 Å². The molecule has 0 fully saturated rings. The highest BCUT2D eigenvalue weighted by atomic mass is 16.5. The van der Waals surface area contributed by atoms with Crippen molar-refractivity contribution in [3.63, 3.8) is 0 Å². The van der Waals surface area contributed by atoms with Gasteiger partial charge < -0.3 is 4.74 Å². The molecule has 1 unspecified atom stereocenters. The number of rotatable bonds is 14. The molecule has 0 aromatic heterocycles. The number of benzene rings is 1. The van der Waals surface area contributed by atoms with Gasteiger partial charge in [0.05, 0.1) is 12.2 Å². The van der Waals surface area contributed by atoms with Crippen molar-refractivity contribution in [3.05, 3.63) is 35.4 Å². The molecule has 0 aliphatic carbocycles. The minimum absolute atomic E-state index is 0.193. The van der Waals surface area contributed by atoms with E-state index >= 15 is 0 Å². The van der Waals surface area contributed by atoms with Crippen molar-refractivity contribution in [2.45, 2.75) is 91.4 Å². The minimum Gasteiger partial charge on any atom is -0.462 e. The fourth-order valence-electron chi connectivity index (χ4n) is 3.15. The first-order valence-corrected chi connectivity index (χ1v) is 10.4. The predicted molar refractivity (Wildman–Crippen MR) is 107 cm³/mol. The Morgan fingerprint density at radius 1 is 0.880 bits per heavy atom. The second-order valence-electron chi connectivity index (χ2n) is 7.41. The zero-order chi connectivity index (χ0) is 18.3. The van der Waals surface area contributed by atoms with Crippen LogP contribution >= 0.6 is 0 Å². The van der Waals surface area contributed by atoms with Crippen molar-refractivity contribution in [2.24, 2.45) is 5.92 Å². The molecule has 1 aromatic carbocycles. The van der Waals surface area contributed by atoms with Crippen LogP contribution in [0.2, 0.25) is 0 Å². The number of unbranched alkanes of at least 4 members (excludes halogenated alkanes) is 7. The van der Waals surface area contributed by atoms with E-state index in [1.165, 1.54) is 56.9 Å². The highest BCUT2D eigenvalue weighted by Crippen LogP contribution is 2.13. The van der Waals surface area contributed by atoms with E-state index < -0.39 is 0 Å². The molecule has 0 amide bonds. The van der Waals surface area contributed by atoms with E-state index in [-0.39, 0.29) is 5.97 Å². The first-order chi connectivity index (χ1) is 12.2. The SMILES string of the molecule is CCCCCCCCCCc1ccc(C(=O)OCC(C)CCC)cc1. The Labute approximate surface area is 155 Å². The summed E-state index contributed by atoms with van der Waals surface area (Å²) in [6.07, 6.45) is 14.1. The Kier molecular flexibility index (Phi) is 12.1. The van der Waals surface area contributed by atoms with Crippen molar-refractivity contribution < 1.29 is 9.53 Å². The van der Waals surface area contributed by atoms with Crippen LogP contribution in [0.3, 0.4) is 0 Å². The van der Waals surface area contributed by atoms with Gasteiger partial charge in [0.1, 0.15) is 0 Å². The Bertz CT molecular complexity index is 450. The molecule has 0 spiro atoms. The summed E-state index contributed by atoms with van der Waals surface area (Å²) in [5.74, 6) is 0.247. The molecular formula is C23H38O2. The average molecular weight is 347 g/mol. The van der Waals surface area contributed by atoms with E-state index in [0.717, 1.165) is 19.3 Å². The molecule has 1 aromatic rings. The van der Waals surface area contributed by atoms with E-state index in [2.05, 4.69) is 32.9 Å². The van der Waals surface area contributed by atoms with Gasteiger partial charge in [-0.2, -0.15) is 0 Å². The van der Waals surface area contributed by atoms with Crippen LogP contribution in [0, 0.1) is 5.92 Å². The van der Waals surface area contributed by atoms with Crippen molar-refractivity contribution in [1.29, 1.82) is 0 Å². The lowest BCUT2D eigenvalue weighted by atomic mass is 10.0. The molecule has 0 radical (unpaired) electrons. The zero-order valence-corrected chi connectivity index (χ0v) is 16.7. The summed E-state index contributed by atoms with van der Waals surface area (Å²) in [4.78, 5) is 12.0. The normalized spacial score (nSPS) is 12.1. The quantitative estimate of drug-likeness (QED) is 0.269. The van der Waals surface area contributed by atoms with Gasteiger partial charge in [-0.15, -0.1) is 0 Å². The molecule has 142 valence electrons. The van der Waals surface area contributed by atoms with E-state index in [1.807, 2.05) is 12.1 Å². The van der Waals surface area contributed by atoms with Gasteiger partial charge in [0.15, 0.2) is 0 Å². The fraction of sp³-hybridized carbons (Fsp3) is 0.696. The number of esters is 1. The second kappa shape index (κ2) is 13.9. The molecule has 1 rings (SSSR count). The summed E-state index contributed by atoms with van der Waals surface area (Å²) in [6.45, 7) is 7.07. The van der Waals surface area contributed by atoms with Crippen LogP contribution < -0.4 is 0 Å². The monoisotopic (exact) mass is 346 g/mol. The summed E-state index contributed by atoms with van der Waals surface area (Å²) in [6, 6.07) is 7.97. The van der Waals surface area contributed by atoms with Gasteiger partial charge in [-0.25, -0.2) is 4.79 Å². The van der Waals surface area contributed by atoms with Gasteiger partial charge in [-0.1, -0.05) is 84.3 Å². The topological polar surface area (TPSA) is 26.3 Å². The van der Waals surface area contributed by atoms with Gasteiger partial charge in [0.2, 0.25) is 0 Å². The summed E-state index contributed by atoms with van der Waals surface area (Å²) in [5, 5.41) is 0. The number of hydrogen-bond acceptors (Lipinski definition) is 2. The maximum atomic E-state index is 12.0. The van der Waals surface area contributed by atoms with Crippen molar-refractivity contribution in [2.75, 3.05) is 6.61 Å². The lowest BCUT2D eigenvalue weighted by molar-refractivity contribution is 0.0443. The Morgan fingerprint density at radius 2 is 1.48 bits per heavy atom. The van der Waals surface area contributed by atoms with Crippen LogP contribution in [0.1, 0.15) is 101 Å². The van der Waals surface area contributed by atoms with Gasteiger partial charge in [-0.05, 0) is 42.9 Å². The highest BCUT2D eigenvalue weighted by Gasteiger charge is 2.09. The minimum atomic E-state index is -0.193. The molecule has 25 heavy (non-hydrogen) atoms. The number of hydrogen-bond donors (Lipinski definition) is 0. The van der Waals surface area contributed by atoms with E-state index in [9.17, 15) is 4.79 Å². The van der Waals surface area contributed by atoms with Crippen LogP contribution in [-0.4, -0.2) is 12.6 Å². The molecule has 0 aliphatic heterocycles.